The van der Waals surface area contributed by atoms with E-state index < -0.39 is 18.0 Å². The van der Waals surface area contributed by atoms with Crippen molar-refractivity contribution in [1.29, 1.82) is 0 Å². The van der Waals surface area contributed by atoms with Gasteiger partial charge in [0.15, 0.2) is 5.78 Å². The van der Waals surface area contributed by atoms with E-state index in [1.807, 2.05) is 12.1 Å². The van der Waals surface area contributed by atoms with Crippen molar-refractivity contribution in [1.82, 2.24) is 10.6 Å². The summed E-state index contributed by atoms with van der Waals surface area (Å²) in [5.74, 6) is -0.949. The van der Waals surface area contributed by atoms with Crippen LogP contribution in [0.2, 0.25) is 0 Å². The van der Waals surface area contributed by atoms with Crippen molar-refractivity contribution in [2.24, 2.45) is 0 Å². The summed E-state index contributed by atoms with van der Waals surface area (Å²) in [7, 11) is 0. The average Bonchev–Trinajstić information content (AvgIpc) is 2.97. The molecule has 0 unspecified atom stereocenters. The Bertz CT molecular complexity index is 730. The predicted molar refractivity (Wildman–Crippen MR) is 108 cm³/mol. The zero-order valence-electron chi connectivity index (χ0n) is 16.7. The molecular formula is C21H29N3O4. The van der Waals surface area contributed by atoms with Crippen molar-refractivity contribution in [3.05, 3.63) is 42.0 Å². The molecule has 1 aliphatic heterocycles. The Morgan fingerprint density at radius 3 is 2.50 bits per heavy atom. The number of hydrogen-bond donors (Lipinski definition) is 3. The van der Waals surface area contributed by atoms with Crippen LogP contribution in [0.4, 0.5) is 5.69 Å². The van der Waals surface area contributed by atoms with Gasteiger partial charge in [0.2, 0.25) is 5.91 Å². The lowest BCUT2D eigenvalue weighted by Crippen LogP contribution is -2.53. The highest BCUT2D eigenvalue weighted by molar-refractivity contribution is 5.99. The van der Waals surface area contributed by atoms with Crippen LogP contribution >= 0.6 is 0 Å². The van der Waals surface area contributed by atoms with E-state index in [0.29, 0.717) is 5.56 Å². The van der Waals surface area contributed by atoms with Crippen molar-refractivity contribution in [2.45, 2.75) is 51.8 Å². The smallest absolute Gasteiger partial charge is 0.251 e. The summed E-state index contributed by atoms with van der Waals surface area (Å²) in [6.45, 7) is 10.3. The molecule has 1 saturated heterocycles. The van der Waals surface area contributed by atoms with Crippen LogP contribution in [-0.2, 0) is 14.3 Å². The molecule has 1 aromatic rings. The second kappa shape index (κ2) is 10.0. The van der Waals surface area contributed by atoms with Gasteiger partial charge in [-0.05, 0) is 51.0 Å². The summed E-state index contributed by atoms with van der Waals surface area (Å²) in [6, 6.07) is 5.56. The number of ether oxygens (including phenoxy) is 1. The van der Waals surface area contributed by atoms with Gasteiger partial charge in [0, 0.05) is 17.8 Å². The number of carbonyl (C=O) groups excluding carboxylic acids is 3. The van der Waals surface area contributed by atoms with Gasteiger partial charge in [0.1, 0.15) is 18.7 Å². The quantitative estimate of drug-likeness (QED) is 0.564. The summed E-state index contributed by atoms with van der Waals surface area (Å²) >= 11 is 0. The minimum absolute atomic E-state index is 0.0119. The first-order valence-electron chi connectivity index (χ1n) is 9.55. The van der Waals surface area contributed by atoms with Crippen LogP contribution in [0.15, 0.2) is 36.4 Å². The third-order valence-electron chi connectivity index (χ3n) is 4.50. The molecule has 0 radical (unpaired) electrons. The molecule has 2 amide bonds. The van der Waals surface area contributed by atoms with Crippen molar-refractivity contribution in [3.63, 3.8) is 0 Å². The molecule has 1 aliphatic rings. The number of anilines is 1. The summed E-state index contributed by atoms with van der Waals surface area (Å²) < 4.78 is 5.25. The molecule has 2 rings (SSSR count). The van der Waals surface area contributed by atoms with E-state index in [4.69, 9.17) is 4.74 Å². The number of benzene rings is 1. The third kappa shape index (κ3) is 5.92. The molecule has 0 saturated carbocycles. The Kier molecular flexibility index (Phi) is 7.75. The number of nitrogens with one attached hydrogen (secondary N) is 3. The summed E-state index contributed by atoms with van der Waals surface area (Å²) in [5.41, 5.74) is 2.14. The van der Waals surface area contributed by atoms with Gasteiger partial charge < -0.3 is 20.7 Å². The van der Waals surface area contributed by atoms with Crippen molar-refractivity contribution in [2.75, 3.05) is 18.5 Å². The maximum atomic E-state index is 12.7. The van der Waals surface area contributed by atoms with Gasteiger partial charge in [-0.15, -0.1) is 6.58 Å². The molecule has 7 heteroatoms. The molecule has 3 N–H and O–H groups in total. The summed E-state index contributed by atoms with van der Waals surface area (Å²) in [4.78, 5) is 37.1. The van der Waals surface area contributed by atoms with Crippen molar-refractivity contribution < 1.29 is 19.1 Å². The van der Waals surface area contributed by atoms with Crippen molar-refractivity contribution in [3.8, 4) is 0 Å². The Morgan fingerprint density at radius 1 is 1.29 bits per heavy atom. The molecule has 152 valence electrons. The largest absolute Gasteiger partial charge is 0.385 e. The fraction of sp³-hybridized carbons (Fsp3) is 0.476. The Morgan fingerprint density at radius 2 is 1.96 bits per heavy atom. The topological polar surface area (TPSA) is 96.5 Å². The highest BCUT2D eigenvalue weighted by atomic mass is 16.5. The standard InChI is InChI=1S/C21H29N3O4/c1-5-10-22-16-8-6-15(7-9-16)20(26)23-17(11-13(2)3)21(27)24-19-14(4)28-12-18(19)25/h6-9,14,17,19,22H,2,5,10-12H2,1,3-4H3,(H,23,26)(H,24,27)/t14-,17+,19+/m1/s1. The van der Waals surface area contributed by atoms with Gasteiger partial charge in [0.25, 0.3) is 5.91 Å². The normalized spacial score (nSPS) is 19.8. The van der Waals surface area contributed by atoms with E-state index in [-0.39, 0.29) is 30.8 Å². The van der Waals surface area contributed by atoms with E-state index in [1.54, 1.807) is 26.0 Å². The second-order valence-corrected chi connectivity index (χ2v) is 7.16. The molecule has 28 heavy (non-hydrogen) atoms. The molecule has 1 aromatic carbocycles. The van der Waals surface area contributed by atoms with E-state index >= 15 is 0 Å². The molecule has 0 bridgehead atoms. The zero-order chi connectivity index (χ0) is 20.7. The van der Waals surface area contributed by atoms with Crippen LogP contribution in [0, 0.1) is 0 Å². The van der Waals surface area contributed by atoms with Gasteiger partial charge >= 0.3 is 0 Å². The van der Waals surface area contributed by atoms with Crippen LogP contribution in [0.25, 0.3) is 0 Å². The van der Waals surface area contributed by atoms with E-state index in [1.165, 1.54) is 0 Å². The number of amides is 2. The fourth-order valence-corrected chi connectivity index (χ4v) is 2.92. The lowest BCUT2D eigenvalue weighted by molar-refractivity contribution is -0.127. The first-order valence-corrected chi connectivity index (χ1v) is 9.55. The van der Waals surface area contributed by atoms with Gasteiger partial charge in [-0.25, -0.2) is 0 Å². The van der Waals surface area contributed by atoms with Crippen molar-refractivity contribution >= 4 is 23.3 Å². The number of hydrogen-bond acceptors (Lipinski definition) is 5. The van der Waals surface area contributed by atoms with Crippen LogP contribution in [0.1, 0.15) is 44.0 Å². The van der Waals surface area contributed by atoms with Gasteiger partial charge in [-0.2, -0.15) is 0 Å². The molecule has 0 aliphatic carbocycles. The van der Waals surface area contributed by atoms with E-state index in [2.05, 4.69) is 29.5 Å². The zero-order valence-corrected chi connectivity index (χ0v) is 16.7. The third-order valence-corrected chi connectivity index (χ3v) is 4.50. The first-order chi connectivity index (χ1) is 13.3. The van der Waals surface area contributed by atoms with Crippen LogP contribution < -0.4 is 16.0 Å². The fourth-order valence-electron chi connectivity index (χ4n) is 2.92. The predicted octanol–water partition coefficient (Wildman–Crippen LogP) is 2.05. The minimum Gasteiger partial charge on any atom is -0.385 e. The SMILES string of the molecule is C=C(C)C[C@H](NC(=O)c1ccc(NCCC)cc1)C(=O)N[C@@H]1C(=O)CO[C@@H]1C. The van der Waals surface area contributed by atoms with Crippen LogP contribution in [-0.4, -0.2) is 48.9 Å². The van der Waals surface area contributed by atoms with E-state index in [0.717, 1.165) is 24.2 Å². The molecular weight excluding hydrogens is 358 g/mol. The lowest BCUT2D eigenvalue weighted by atomic mass is 10.0. The van der Waals surface area contributed by atoms with Crippen LogP contribution in [0.3, 0.4) is 0 Å². The van der Waals surface area contributed by atoms with E-state index in [9.17, 15) is 14.4 Å². The summed E-state index contributed by atoms with van der Waals surface area (Å²) in [6.07, 6.45) is 0.900. The number of ketones is 1. The van der Waals surface area contributed by atoms with Gasteiger partial charge in [0.05, 0.1) is 6.10 Å². The molecule has 7 nitrogen and oxygen atoms in total. The molecule has 0 aromatic heterocycles. The minimum atomic E-state index is -0.816. The second-order valence-electron chi connectivity index (χ2n) is 7.16. The highest BCUT2D eigenvalue weighted by Gasteiger charge is 2.35. The molecule has 0 spiro atoms. The molecule has 1 heterocycles. The maximum Gasteiger partial charge on any atom is 0.251 e. The number of Topliss-reactive ketones (excluding diaryl/α,β-unsaturated/α-hetero) is 1. The maximum absolute atomic E-state index is 12.7. The number of carbonyl (C=O) groups is 3. The van der Waals surface area contributed by atoms with Gasteiger partial charge in [-0.3, -0.25) is 14.4 Å². The molecule has 3 atom stereocenters. The molecule has 1 fully saturated rings. The summed E-state index contributed by atoms with van der Waals surface area (Å²) in [5, 5.41) is 8.68. The monoisotopic (exact) mass is 387 g/mol. The first kappa shape index (κ1) is 21.6. The number of rotatable bonds is 9. The Hall–Kier alpha value is -2.67. The van der Waals surface area contributed by atoms with Crippen LogP contribution in [0.5, 0.6) is 0 Å². The Balaban J connectivity index is 2.04. The average molecular weight is 387 g/mol. The Labute approximate surface area is 165 Å². The van der Waals surface area contributed by atoms with Gasteiger partial charge in [-0.1, -0.05) is 12.5 Å². The lowest BCUT2D eigenvalue weighted by Gasteiger charge is -2.22. The highest BCUT2D eigenvalue weighted by Crippen LogP contribution is 2.13.